The summed E-state index contributed by atoms with van der Waals surface area (Å²) in [5.74, 6) is 0. The van der Waals surface area contributed by atoms with Crippen LogP contribution in [0.15, 0.2) is 0 Å². The molecule has 8 heavy (non-hydrogen) atoms. The molecule has 0 aromatic rings. The smallest absolute Gasteiger partial charge is 0.384 e. The molecule has 0 aliphatic carbocycles. The summed E-state index contributed by atoms with van der Waals surface area (Å²) in [6.45, 7) is 0.919. The van der Waals surface area contributed by atoms with Crippen molar-refractivity contribution in [2.75, 3.05) is 13.7 Å². The molecule has 1 rings (SSSR count). The standard InChI is InChI=1S/C5H11O2Si/c1-6-8-5-3-2-4-7-8/h2-5H2,1H3. The lowest BCUT2D eigenvalue weighted by atomic mass is 10.4. The van der Waals surface area contributed by atoms with Crippen LogP contribution in [-0.4, -0.2) is 23.0 Å². The zero-order valence-electron chi connectivity index (χ0n) is 5.14. The highest BCUT2D eigenvalue weighted by Gasteiger charge is 2.16. The Kier molecular flexibility index (Phi) is 2.52. The van der Waals surface area contributed by atoms with E-state index in [1.807, 2.05) is 0 Å². The van der Waals surface area contributed by atoms with Gasteiger partial charge in [0.05, 0.1) is 0 Å². The Morgan fingerprint density at radius 2 is 2.38 bits per heavy atom. The molecule has 0 amide bonds. The Morgan fingerprint density at radius 3 is 2.75 bits per heavy atom. The van der Waals surface area contributed by atoms with Gasteiger partial charge in [0.15, 0.2) is 0 Å². The summed E-state index contributed by atoms with van der Waals surface area (Å²) < 4.78 is 10.4. The van der Waals surface area contributed by atoms with E-state index in [9.17, 15) is 0 Å². The first-order valence-corrected chi connectivity index (χ1v) is 4.48. The fourth-order valence-corrected chi connectivity index (χ4v) is 2.17. The maximum absolute atomic E-state index is 5.31. The van der Waals surface area contributed by atoms with Gasteiger partial charge in [0.25, 0.3) is 0 Å². The van der Waals surface area contributed by atoms with Crippen molar-refractivity contribution in [3.05, 3.63) is 0 Å². The number of rotatable bonds is 1. The summed E-state index contributed by atoms with van der Waals surface area (Å²) in [4.78, 5) is 0. The van der Waals surface area contributed by atoms with Gasteiger partial charge in [-0.25, -0.2) is 0 Å². The Bertz CT molecular complexity index is 61.4. The Morgan fingerprint density at radius 1 is 1.50 bits per heavy atom. The second kappa shape index (κ2) is 3.22. The molecule has 1 heterocycles. The molecule has 0 N–H and O–H groups in total. The minimum Gasteiger partial charge on any atom is -0.397 e. The van der Waals surface area contributed by atoms with Gasteiger partial charge >= 0.3 is 9.28 Å². The van der Waals surface area contributed by atoms with Crippen molar-refractivity contribution >= 4 is 9.28 Å². The maximum atomic E-state index is 5.31. The summed E-state index contributed by atoms with van der Waals surface area (Å²) in [5.41, 5.74) is 0. The van der Waals surface area contributed by atoms with Crippen molar-refractivity contribution in [1.29, 1.82) is 0 Å². The predicted molar refractivity (Wildman–Crippen MR) is 32.8 cm³/mol. The predicted octanol–water partition coefficient (Wildman–Crippen LogP) is 0.931. The molecule has 0 bridgehead atoms. The average Bonchev–Trinajstić information content (AvgIpc) is 1.90. The first kappa shape index (κ1) is 6.26. The van der Waals surface area contributed by atoms with Crippen molar-refractivity contribution < 1.29 is 8.85 Å². The van der Waals surface area contributed by atoms with Crippen molar-refractivity contribution in [1.82, 2.24) is 0 Å². The van der Waals surface area contributed by atoms with Gasteiger partial charge in [0.1, 0.15) is 0 Å². The molecule has 1 radical (unpaired) electrons. The molecule has 1 fully saturated rings. The van der Waals surface area contributed by atoms with E-state index < -0.39 is 9.28 Å². The molecule has 0 aromatic carbocycles. The fraction of sp³-hybridized carbons (Fsp3) is 1.00. The van der Waals surface area contributed by atoms with Crippen LogP contribution in [0.2, 0.25) is 6.04 Å². The van der Waals surface area contributed by atoms with Gasteiger partial charge in [-0.15, -0.1) is 0 Å². The number of hydrogen-bond acceptors (Lipinski definition) is 2. The van der Waals surface area contributed by atoms with Crippen LogP contribution in [0.25, 0.3) is 0 Å². The topological polar surface area (TPSA) is 18.5 Å². The molecule has 0 saturated carbocycles. The molecule has 0 unspecified atom stereocenters. The molecule has 0 spiro atoms. The maximum Gasteiger partial charge on any atom is 0.384 e. The highest BCUT2D eigenvalue weighted by Crippen LogP contribution is 2.09. The van der Waals surface area contributed by atoms with Crippen LogP contribution in [0.5, 0.6) is 0 Å². The van der Waals surface area contributed by atoms with Crippen LogP contribution in [0.3, 0.4) is 0 Å². The summed E-state index contributed by atoms with van der Waals surface area (Å²) in [5, 5.41) is 0. The second-order valence-electron chi connectivity index (χ2n) is 1.88. The molecule has 3 heteroatoms. The molecular formula is C5H11O2Si. The third kappa shape index (κ3) is 1.58. The third-order valence-electron chi connectivity index (χ3n) is 1.27. The Hall–Kier alpha value is 0.137. The van der Waals surface area contributed by atoms with Crippen LogP contribution in [-0.2, 0) is 8.85 Å². The minimum absolute atomic E-state index is 0.787. The van der Waals surface area contributed by atoms with E-state index in [-0.39, 0.29) is 0 Å². The molecule has 1 aliphatic heterocycles. The largest absolute Gasteiger partial charge is 0.397 e. The van der Waals surface area contributed by atoms with Crippen molar-refractivity contribution in [3.8, 4) is 0 Å². The number of hydrogen-bond donors (Lipinski definition) is 0. The van der Waals surface area contributed by atoms with Gasteiger partial charge in [0.2, 0.25) is 0 Å². The highest BCUT2D eigenvalue weighted by atomic mass is 28.3. The van der Waals surface area contributed by atoms with Crippen LogP contribution in [0.4, 0.5) is 0 Å². The van der Waals surface area contributed by atoms with Crippen molar-refractivity contribution in [2.24, 2.45) is 0 Å². The quantitative estimate of drug-likeness (QED) is 0.493. The Labute approximate surface area is 51.6 Å². The van der Waals surface area contributed by atoms with Crippen molar-refractivity contribution in [2.45, 2.75) is 18.9 Å². The minimum atomic E-state index is -0.787. The fourth-order valence-electron chi connectivity index (χ4n) is 0.791. The highest BCUT2D eigenvalue weighted by molar-refractivity contribution is 6.44. The van der Waals surface area contributed by atoms with E-state index in [4.69, 9.17) is 8.85 Å². The second-order valence-corrected chi connectivity index (χ2v) is 3.82. The molecule has 0 atom stereocenters. The van der Waals surface area contributed by atoms with Gasteiger partial charge in [-0.2, -0.15) is 0 Å². The molecule has 1 saturated heterocycles. The molecule has 2 nitrogen and oxygen atoms in total. The zero-order valence-corrected chi connectivity index (χ0v) is 6.14. The van der Waals surface area contributed by atoms with Crippen LogP contribution < -0.4 is 0 Å². The molecule has 0 aromatic heterocycles. The van der Waals surface area contributed by atoms with Crippen LogP contribution in [0.1, 0.15) is 12.8 Å². The Balaban J connectivity index is 2.13. The van der Waals surface area contributed by atoms with Gasteiger partial charge in [-0.05, 0) is 18.9 Å². The van der Waals surface area contributed by atoms with E-state index in [1.54, 1.807) is 7.11 Å². The first-order valence-electron chi connectivity index (χ1n) is 2.96. The van der Waals surface area contributed by atoms with E-state index in [2.05, 4.69) is 0 Å². The lowest BCUT2D eigenvalue weighted by Gasteiger charge is -2.16. The van der Waals surface area contributed by atoms with E-state index in [1.165, 1.54) is 18.9 Å². The summed E-state index contributed by atoms with van der Waals surface area (Å²) in [6, 6.07) is 1.17. The molecular weight excluding hydrogens is 120 g/mol. The molecule has 1 aliphatic rings. The zero-order chi connectivity index (χ0) is 5.82. The molecule has 47 valence electrons. The van der Waals surface area contributed by atoms with Crippen LogP contribution >= 0.6 is 0 Å². The first-order chi connectivity index (χ1) is 3.93. The normalized spacial score (nSPS) is 23.6. The van der Waals surface area contributed by atoms with E-state index in [0.717, 1.165) is 6.61 Å². The third-order valence-corrected chi connectivity index (χ3v) is 3.01. The van der Waals surface area contributed by atoms with Gasteiger partial charge in [-0.1, -0.05) is 0 Å². The van der Waals surface area contributed by atoms with Gasteiger partial charge in [-0.3, -0.25) is 0 Å². The van der Waals surface area contributed by atoms with Crippen molar-refractivity contribution in [3.63, 3.8) is 0 Å². The average molecular weight is 131 g/mol. The van der Waals surface area contributed by atoms with E-state index >= 15 is 0 Å². The van der Waals surface area contributed by atoms with Gasteiger partial charge in [0, 0.05) is 13.7 Å². The van der Waals surface area contributed by atoms with E-state index in [0.29, 0.717) is 0 Å². The summed E-state index contributed by atoms with van der Waals surface area (Å²) >= 11 is 0. The summed E-state index contributed by atoms with van der Waals surface area (Å²) in [7, 11) is 0.948. The SMILES string of the molecule is CO[Si]1CCCCO1. The lowest BCUT2D eigenvalue weighted by Crippen LogP contribution is -2.25. The van der Waals surface area contributed by atoms with Gasteiger partial charge < -0.3 is 8.85 Å². The summed E-state index contributed by atoms with van der Waals surface area (Å²) in [6.07, 6.45) is 2.51. The van der Waals surface area contributed by atoms with Crippen LogP contribution in [0, 0.1) is 0 Å². The lowest BCUT2D eigenvalue weighted by molar-refractivity contribution is 0.205. The monoisotopic (exact) mass is 131 g/mol.